The molecule has 6 heteroatoms. The second-order valence-electron chi connectivity index (χ2n) is 6.74. The SMILES string of the molecule is CCOCC1(CNC(=O)C2CC(=O)Nc3ccc(F)cc32)CCC1. The molecule has 0 aromatic heterocycles. The van der Waals surface area contributed by atoms with Crippen molar-refractivity contribution < 1.29 is 18.7 Å². The Balaban J connectivity index is 1.69. The van der Waals surface area contributed by atoms with E-state index in [9.17, 15) is 14.0 Å². The molecule has 1 heterocycles. The molecule has 0 radical (unpaired) electrons. The number of fused-ring (bicyclic) bond motifs is 1. The summed E-state index contributed by atoms with van der Waals surface area (Å²) in [5.41, 5.74) is 1.06. The molecule has 1 aliphatic carbocycles. The lowest BCUT2D eigenvalue weighted by atomic mass is 9.69. The lowest BCUT2D eigenvalue weighted by Gasteiger charge is -2.42. The topological polar surface area (TPSA) is 67.4 Å². The summed E-state index contributed by atoms with van der Waals surface area (Å²) in [4.78, 5) is 24.5. The summed E-state index contributed by atoms with van der Waals surface area (Å²) in [6, 6.07) is 4.12. The number of benzene rings is 1. The highest BCUT2D eigenvalue weighted by atomic mass is 19.1. The number of amides is 2. The van der Waals surface area contributed by atoms with E-state index in [4.69, 9.17) is 4.74 Å². The van der Waals surface area contributed by atoms with Crippen molar-refractivity contribution in [2.45, 2.75) is 38.5 Å². The van der Waals surface area contributed by atoms with Crippen LogP contribution in [0.3, 0.4) is 0 Å². The minimum absolute atomic E-state index is 0.00731. The highest BCUT2D eigenvalue weighted by molar-refractivity contribution is 6.01. The molecule has 1 unspecified atom stereocenters. The van der Waals surface area contributed by atoms with E-state index in [-0.39, 0.29) is 23.7 Å². The van der Waals surface area contributed by atoms with Crippen LogP contribution in [0.5, 0.6) is 0 Å². The van der Waals surface area contributed by atoms with E-state index < -0.39 is 11.7 Å². The molecule has 3 rings (SSSR count). The number of ether oxygens (including phenoxy) is 1. The number of hydrogen-bond acceptors (Lipinski definition) is 3. The molecule has 2 N–H and O–H groups in total. The van der Waals surface area contributed by atoms with Gasteiger partial charge in [0.1, 0.15) is 5.82 Å². The maximum Gasteiger partial charge on any atom is 0.228 e. The molecule has 2 aliphatic rings. The van der Waals surface area contributed by atoms with Crippen LogP contribution >= 0.6 is 0 Å². The average molecular weight is 334 g/mol. The molecule has 1 saturated carbocycles. The number of carbonyl (C=O) groups is 2. The van der Waals surface area contributed by atoms with Crippen molar-refractivity contribution in [3.8, 4) is 0 Å². The van der Waals surface area contributed by atoms with E-state index in [0.29, 0.717) is 31.0 Å². The summed E-state index contributed by atoms with van der Waals surface area (Å²) >= 11 is 0. The number of halogens is 1. The second-order valence-corrected chi connectivity index (χ2v) is 6.74. The van der Waals surface area contributed by atoms with Gasteiger partial charge in [0, 0.05) is 30.7 Å². The zero-order chi connectivity index (χ0) is 17.2. The van der Waals surface area contributed by atoms with E-state index in [0.717, 1.165) is 19.3 Å². The standard InChI is InChI=1S/C18H23FN2O3/c1-2-24-11-18(6-3-7-18)10-20-17(23)14-9-16(22)21-15-5-4-12(19)8-13(14)15/h4-5,8,14H,2-3,6-7,9-11H2,1H3,(H,20,23)(H,21,22). The van der Waals surface area contributed by atoms with E-state index in [1.54, 1.807) is 0 Å². The lowest BCUT2D eigenvalue weighted by molar-refractivity contribution is -0.127. The highest BCUT2D eigenvalue weighted by Crippen LogP contribution is 2.41. The van der Waals surface area contributed by atoms with Crippen molar-refractivity contribution in [1.29, 1.82) is 0 Å². The Kier molecular flexibility index (Phi) is 4.85. The smallest absolute Gasteiger partial charge is 0.228 e. The second kappa shape index (κ2) is 6.89. The van der Waals surface area contributed by atoms with Gasteiger partial charge in [-0.2, -0.15) is 0 Å². The fourth-order valence-electron chi connectivity index (χ4n) is 3.43. The van der Waals surface area contributed by atoms with E-state index in [1.807, 2.05) is 6.92 Å². The fraction of sp³-hybridized carbons (Fsp3) is 0.556. The van der Waals surface area contributed by atoms with Crippen molar-refractivity contribution >= 4 is 17.5 Å². The summed E-state index contributed by atoms with van der Waals surface area (Å²) in [6.45, 7) is 3.79. The van der Waals surface area contributed by atoms with Crippen LogP contribution in [0, 0.1) is 11.2 Å². The summed E-state index contributed by atoms with van der Waals surface area (Å²) in [7, 11) is 0. The molecule has 0 saturated heterocycles. The first-order valence-corrected chi connectivity index (χ1v) is 8.48. The van der Waals surface area contributed by atoms with Gasteiger partial charge in [-0.3, -0.25) is 9.59 Å². The largest absolute Gasteiger partial charge is 0.381 e. The van der Waals surface area contributed by atoms with Gasteiger partial charge in [0.2, 0.25) is 11.8 Å². The van der Waals surface area contributed by atoms with Crippen molar-refractivity contribution in [3.63, 3.8) is 0 Å². The van der Waals surface area contributed by atoms with Gasteiger partial charge < -0.3 is 15.4 Å². The zero-order valence-electron chi connectivity index (χ0n) is 13.9. The normalized spacial score (nSPS) is 21.4. The molecule has 1 fully saturated rings. The molecule has 130 valence electrons. The Morgan fingerprint density at radius 2 is 2.25 bits per heavy atom. The zero-order valence-corrected chi connectivity index (χ0v) is 13.9. The Morgan fingerprint density at radius 1 is 1.46 bits per heavy atom. The average Bonchev–Trinajstić information content (AvgIpc) is 2.53. The van der Waals surface area contributed by atoms with Crippen LogP contribution < -0.4 is 10.6 Å². The Labute approximate surface area is 141 Å². The van der Waals surface area contributed by atoms with E-state index in [2.05, 4.69) is 10.6 Å². The van der Waals surface area contributed by atoms with Crippen LogP contribution in [-0.2, 0) is 14.3 Å². The molecule has 0 bridgehead atoms. The molecule has 1 aromatic rings. The molecular formula is C18H23FN2O3. The van der Waals surface area contributed by atoms with E-state index >= 15 is 0 Å². The van der Waals surface area contributed by atoms with Gasteiger partial charge in [0.25, 0.3) is 0 Å². The number of nitrogens with one attached hydrogen (secondary N) is 2. The Morgan fingerprint density at radius 3 is 2.92 bits per heavy atom. The minimum Gasteiger partial charge on any atom is -0.381 e. The van der Waals surface area contributed by atoms with Crippen molar-refractivity contribution in [3.05, 3.63) is 29.6 Å². The molecule has 0 spiro atoms. The summed E-state index contributed by atoms with van der Waals surface area (Å²) in [6.07, 6.45) is 3.25. The van der Waals surface area contributed by atoms with Gasteiger partial charge >= 0.3 is 0 Å². The third-order valence-corrected chi connectivity index (χ3v) is 5.03. The number of carbonyl (C=O) groups excluding carboxylic acids is 2. The van der Waals surface area contributed by atoms with Gasteiger partial charge in [-0.25, -0.2) is 4.39 Å². The summed E-state index contributed by atoms with van der Waals surface area (Å²) in [5.74, 6) is -1.50. The molecular weight excluding hydrogens is 311 g/mol. The number of rotatable bonds is 6. The Bertz CT molecular complexity index is 643. The predicted molar refractivity (Wildman–Crippen MR) is 88.2 cm³/mol. The first kappa shape index (κ1) is 16.9. The number of anilines is 1. The summed E-state index contributed by atoms with van der Waals surface area (Å²) < 4.78 is 19.1. The Hall–Kier alpha value is -1.95. The predicted octanol–water partition coefficient (Wildman–Crippen LogP) is 2.57. The lowest BCUT2D eigenvalue weighted by Crippen LogP contribution is -2.47. The van der Waals surface area contributed by atoms with Gasteiger partial charge in [-0.15, -0.1) is 0 Å². The molecule has 5 nitrogen and oxygen atoms in total. The van der Waals surface area contributed by atoms with Gasteiger partial charge in [0.05, 0.1) is 12.5 Å². The van der Waals surface area contributed by atoms with Gasteiger partial charge in [-0.1, -0.05) is 6.42 Å². The maximum absolute atomic E-state index is 13.5. The molecule has 2 amide bonds. The fourth-order valence-corrected chi connectivity index (χ4v) is 3.43. The van der Waals surface area contributed by atoms with Gasteiger partial charge in [-0.05, 0) is 43.5 Å². The first-order valence-electron chi connectivity index (χ1n) is 8.48. The maximum atomic E-state index is 13.5. The van der Waals surface area contributed by atoms with Crippen LogP contribution in [-0.4, -0.2) is 31.6 Å². The third-order valence-electron chi connectivity index (χ3n) is 5.03. The first-order chi connectivity index (χ1) is 11.5. The highest BCUT2D eigenvalue weighted by Gasteiger charge is 2.39. The van der Waals surface area contributed by atoms with Crippen molar-refractivity contribution in [2.24, 2.45) is 5.41 Å². The van der Waals surface area contributed by atoms with Crippen molar-refractivity contribution in [1.82, 2.24) is 5.32 Å². The molecule has 1 aromatic carbocycles. The van der Waals surface area contributed by atoms with E-state index in [1.165, 1.54) is 18.2 Å². The van der Waals surface area contributed by atoms with Crippen LogP contribution in [0.1, 0.15) is 44.1 Å². The molecule has 24 heavy (non-hydrogen) atoms. The molecule has 1 aliphatic heterocycles. The number of hydrogen-bond donors (Lipinski definition) is 2. The van der Waals surface area contributed by atoms with Crippen LogP contribution in [0.4, 0.5) is 10.1 Å². The molecule has 1 atom stereocenters. The summed E-state index contributed by atoms with van der Waals surface area (Å²) in [5, 5.41) is 5.65. The van der Waals surface area contributed by atoms with Gasteiger partial charge in [0.15, 0.2) is 0 Å². The third kappa shape index (κ3) is 3.43. The van der Waals surface area contributed by atoms with Crippen molar-refractivity contribution in [2.75, 3.05) is 25.1 Å². The monoisotopic (exact) mass is 334 g/mol. The minimum atomic E-state index is -0.645. The van der Waals surface area contributed by atoms with Crippen LogP contribution in [0.25, 0.3) is 0 Å². The van der Waals surface area contributed by atoms with Crippen LogP contribution in [0.2, 0.25) is 0 Å². The van der Waals surface area contributed by atoms with Crippen LogP contribution in [0.15, 0.2) is 18.2 Å². The quantitative estimate of drug-likeness (QED) is 0.840.